The van der Waals surface area contributed by atoms with Gasteiger partial charge in [0.05, 0.1) is 0 Å². The minimum atomic E-state index is 0.306. The molecular weight excluding hydrogens is 258 g/mol. The molecule has 0 aromatic carbocycles. The first-order valence-electron chi connectivity index (χ1n) is 7.19. The van der Waals surface area contributed by atoms with Gasteiger partial charge in [0.1, 0.15) is 6.10 Å². The first-order valence-corrected chi connectivity index (χ1v) is 8.18. The predicted octanol–water partition coefficient (Wildman–Crippen LogP) is 2.45. The minimum absolute atomic E-state index is 0.306. The Kier molecular flexibility index (Phi) is 4.23. The summed E-state index contributed by atoms with van der Waals surface area (Å²) in [6, 6.07) is 0. The number of ether oxygens (including phenoxy) is 1. The molecule has 1 unspecified atom stereocenters. The summed E-state index contributed by atoms with van der Waals surface area (Å²) in [6.45, 7) is 5.71. The van der Waals surface area contributed by atoms with E-state index in [2.05, 4.69) is 21.8 Å². The number of fused-ring (bicyclic) bond motifs is 3. The topological polar surface area (TPSA) is 38.3 Å². The zero-order valence-corrected chi connectivity index (χ0v) is 12.2. The average molecular weight is 279 g/mol. The van der Waals surface area contributed by atoms with Crippen molar-refractivity contribution in [2.45, 2.75) is 37.3 Å². The van der Waals surface area contributed by atoms with Crippen LogP contribution >= 0.6 is 11.8 Å². The van der Waals surface area contributed by atoms with Crippen molar-refractivity contribution in [3.8, 4) is 5.88 Å². The molecule has 0 N–H and O–H groups in total. The monoisotopic (exact) mass is 279 g/mol. The summed E-state index contributed by atoms with van der Waals surface area (Å²) in [6.07, 6.45) is 7.46. The first kappa shape index (κ1) is 13.2. The van der Waals surface area contributed by atoms with Gasteiger partial charge in [-0.15, -0.1) is 11.8 Å². The molecule has 3 aliphatic heterocycles. The molecule has 5 heteroatoms. The second-order valence-corrected chi connectivity index (χ2v) is 6.39. The molecule has 104 valence electrons. The van der Waals surface area contributed by atoms with Crippen LogP contribution in [0.4, 0.5) is 0 Å². The molecule has 1 aromatic rings. The van der Waals surface area contributed by atoms with Gasteiger partial charge < -0.3 is 4.74 Å². The summed E-state index contributed by atoms with van der Waals surface area (Å²) in [7, 11) is 0. The average Bonchev–Trinajstić information content (AvgIpc) is 2.48. The third-order valence-corrected chi connectivity index (χ3v) is 5.10. The van der Waals surface area contributed by atoms with Crippen LogP contribution in [-0.2, 0) is 0 Å². The maximum absolute atomic E-state index is 6.18. The van der Waals surface area contributed by atoms with E-state index in [0.717, 1.165) is 29.6 Å². The van der Waals surface area contributed by atoms with Gasteiger partial charge in [-0.1, -0.05) is 6.92 Å². The minimum Gasteiger partial charge on any atom is -0.471 e. The Hall–Kier alpha value is -0.810. The lowest BCUT2D eigenvalue weighted by molar-refractivity contribution is -0.0117. The molecular formula is C14H21N3OS. The zero-order chi connectivity index (χ0) is 13.1. The fourth-order valence-corrected chi connectivity index (χ4v) is 3.64. The Morgan fingerprint density at radius 2 is 2.11 bits per heavy atom. The van der Waals surface area contributed by atoms with E-state index in [4.69, 9.17) is 4.74 Å². The molecule has 1 atom stereocenters. The molecule has 4 heterocycles. The van der Waals surface area contributed by atoms with Gasteiger partial charge in [0.15, 0.2) is 5.03 Å². The quantitative estimate of drug-likeness (QED) is 0.774. The van der Waals surface area contributed by atoms with Crippen molar-refractivity contribution in [1.82, 2.24) is 14.9 Å². The van der Waals surface area contributed by atoms with E-state index < -0.39 is 0 Å². The molecule has 19 heavy (non-hydrogen) atoms. The largest absolute Gasteiger partial charge is 0.471 e. The molecule has 0 radical (unpaired) electrons. The molecule has 0 amide bonds. The van der Waals surface area contributed by atoms with Gasteiger partial charge in [-0.2, -0.15) is 0 Å². The number of nitrogens with zero attached hydrogens (tertiary/aromatic N) is 3. The Morgan fingerprint density at radius 3 is 2.79 bits per heavy atom. The number of hydrogen-bond acceptors (Lipinski definition) is 5. The third kappa shape index (κ3) is 3.03. The molecule has 2 bridgehead atoms. The maximum atomic E-state index is 6.18. The molecule has 3 fully saturated rings. The number of thioether (sulfide) groups is 1. The molecule has 0 saturated carbocycles. The standard InChI is InChI=1S/C14H21N3OS/c1-2-9-19-14-13(15-5-6-16-14)18-12-10-17-7-3-11(12)4-8-17/h5-6,11-12H,2-4,7-10H2,1H3. The molecule has 3 saturated heterocycles. The van der Waals surface area contributed by atoms with Crippen molar-refractivity contribution < 1.29 is 4.74 Å². The summed E-state index contributed by atoms with van der Waals surface area (Å²) in [5.74, 6) is 2.51. The number of piperidine rings is 3. The lowest BCUT2D eigenvalue weighted by atomic mass is 9.86. The van der Waals surface area contributed by atoms with Crippen LogP contribution in [0.1, 0.15) is 26.2 Å². The summed E-state index contributed by atoms with van der Waals surface area (Å²) in [4.78, 5) is 11.3. The molecule has 4 rings (SSSR count). The van der Waals surface area contributed by atoms with E-state index >= 15 is 0 Å². The van der Waals surface area contributed by atoms with Crippen LogP contribution in [0.25, 0.3) is 0 Å². The van der Waals surface area contributed by atoms with Gasteiger partial charge in [0.25, 0.3) is 0 Å². The van der Waals surface area contributed by atoms with Crippen LogP contribution in [0, 0.1) is 5.92 Å². The lowest BCUT2D eigenvalue weighted by Gasteiger charge is -2.44. The van der Waals surface area contributed by atoms with Crippen molar-refractivity contribution in [1.29, 1.82) is 0 Å². The van der Waals surface area contributed by atoms with Crippen LogP contribution in [0.15, 0.2) is 17.4 Å². The van der Waals surface area contributed by atoms with E-state index in [1.807, 2.05) is 0 Å². The Bertz CT molecular complexity index is 421. The Morgan fingerprint density at radius 1 is 1.32 bits per heavy atom. The molecule has 0 aliphatic carbocycles. The number of hydrogen-bond donors (Lipinski definition) is 0. The first-order chi connectivity index (χ1) is 9.36. The van der Waals surface area contributed by atoms with Crippen molar-refractivity contribution in [3.63, 3.8) is 0 Å². The highest BCUT2D eigenvalue weighted by molar-refractivity contribution is 7.99. The SMILES string of the molecule is CCCSc1nccnc1OC1CN2CCC1CC2. The summed E-state index contributed by atoms with van der Waals surface area (Å²) >= 11 is 1.74. The van der Waals surface area contributed by atoms with Crippen molar-refractivity contribution >= 4 is 11.8 Å². The van der Waals surface area contributed by atoms with Crippen LogP contribution in [0.2, 0.25) is 0 Å². The van der Waals surface area contributed by atoms with Gasteiger partial charge >= 0.3 is 0 Å². The third-order valence-electron chi connectivity index (χ3n) is 3.94. The smallest absolute Gasteiger partial charge is 0.247 e. The van der Waals surface area contributed by atoms with Crippen molar-refractivity contribution in [3.05, 3.63) is 12.4 Å². The lowest BCUT2D eigenvalue weighted by Crippen LogP contribution is -2.52. The van der Waals surface area contributed by atoms with E-state index in [9.17, 15) is 0 Å². The predicted molar refractivity (Wildman–Crippen MR) is 76.6 cm³/mol. The summed E-state index contributed by atoms with van der Waals surface area (Å²) < 4.78 is 6.18. The molecule has 4 nitrogen and oxygen atoms in total. The van der Waals surface area contributed by atoms with Gasteiger partial charge in [0.2, 0.25) is 5.88 Å². The van der Waals surface area contributed by atoms with Crippen LogP contribution < -0.4 is 4.74 Å². The Balaban J connectivity index is 1.69. The number of rotatable bonds is 5. The van der Waals surface area contributed by atoms with Gasteiger partial charge in [-0.25, -0.2) is 9.97 Å². The van der Waals surface area contributed by atoms with Crippen LogP contribution in [0.5, 0.6) is 5.88 Å². The van der Waals surface area contributed by atoms with Crippen LogP contribution in [-0.4, -0.2) is 46.4 Å². The highest BCUT2D eigenvalue weighted by Crippen LogP contribution is 2.32. The second-order valence-electron chi connectivity index (χ2n) is 5.31. The van der Waals surface area contributed by atoms with Gasteiger partial charge in [-0.3, -0.25) is 4.90 Å². The molecule has 1 aromatic heterocycles. The fourth-order valence-electron chi connectivity index (χ4n) is 2.88. The van der Waals surface area contributed by atoms with Crippen molar-refractivity contribution in [2.24, 2.45) is 5.92 Å². The van der Waals surface area contributed by atoms with E-state index in [0.29, 0.717) is 12.0 Å². The second kappa shape index (κ2) is 6.09. The highest BCUT2D eigenvalue weighted by Gasteiger charge is 2.36. The zero-order valence-electron chi connectivity index (χ0n) is 11.4. The van der Waals surface area contributed by atoms with Crippen LogP contribution in [0.3, 0.4) is 0 Å². The normalized spacial score (nSPS) is 29.4. The van der Waals surface area contributed by atoms with E-state index in [1.165, 1.54) is 25.9 Å². The van der Waals surface area contributed by atoms with Gasteiger partial charge in [-0.05, 0) is 44.0 Å². The summed E-state index contributed by atoms with van der Waals surface area (Å²) in [5, 5.41) is 0.945. The maximum Gasteiger partial charge on any atom is 0.247 e. The van der Waals surface area contributed by atoms with Crippen molar-refractivity contribution in [2.75, 3.05) is 25.4 Å². The highest BCUT2D eigenvalue weighted by atomic mass is 32.2. The molecule has 0 spiro atoms. The summed E-state index contributed by atoms with van der Waals surface area (Å²) in [5.41, 5.74) is 0. The van der Waals surface area contributed by atoms with E-state index in [1.54, 1.807) is 24.2 Å². The fraction of sp³-hybridized carbons (Fsp3) is 0.714. The Labute approximate surface area is 119 Å². The molecule has 3 aliphatic rings. The van der Waals surface area contributed by atoms with Gasteiger partial charge in [0, 0.05) is 18.9 Å². The number of aromatic nitrogens is 2. The van der Waals surface area contributed by atoms with E-state index in [-0.39, 0.29) is 0 Å².